The minimum atomic E-state index is -3.42. The van der Waals surface area contributed by atoms with Crippen LogP contribution in [0.4, 0.5) is 0 Å². The van der Waals surface area contributed by atoms with Gasteiger partial charge in [0.25, 0.3) is 0 Å². The highest BCUT2D eigenvalue weighted by Gasteiger charge is 2.23. The summed E-state index contributed by atoms with van der Waals surface area (Å²) >= 11 is 5.76. The van der Waals surface area contributed by atoms with E-state index in [9.17, 15) is 8.42 Å². The molecule has 18 heavy (non-hydrogen) atoms. The summed E-state index contributed by atoms with van der Waals surface area (Å²) in [5, 5.41) is 0. The third-order valence-electron chi connectivity index (χ3n) is 2.72. The van der Waals surface area contributed by atoms with Crippen molar-refractivity contribution < 1.29 is 8.42 Å². The molecule has 0 fully saturated rings. The predicted octanol–water partition coefficient (Wildman–Crippen LogP) is 3.01. The molecule has 0 saturated carbocycles. The van der Waals surface area contributed by atoms with Crippen LogP contribution in [-0.2, 0) is 15.9 Å². The summed E-state index contributed by atoms with van der Waals surface area (Å²) < 4.78 is 26.3. The van der Waals surface area contributed by atoms with Crippen LogP contribution in [0.15, 0.2) is 23.1 Å². The second kappa shape index (κ2) is 6.04. The van der Waals surface area contributed by atoms with Gasteiger partial charge in [-0.1, -0.05) is 26.0 Å². The first-order valence-corrected chi connectivity index (χ1v) is 7.88. The van der Waals surface area contributed by atoms with Gasteiger partial charge in [-0.15, -0.1) is 11.6 Å². The first kappa shape index (κ1) is 15.5. The molecule has 1 rings (SSSR count). The molecule has 1 aromatic carbocycles. The Bertz CT molecular complexity index is 512. The zero-order chi connectivity index (χ0) is 13.9. The molecule has 0 heterocycles. The summed E-state index contributed by atoms with van der Waals surface area (Å²) in [5.74, 6) is 0.609. The largest absolute Gasteiger partial charge is 0.243 e. The minimum Gasteiger partial charge on any atom is -0.207 e. The van der Waals surface area contributed by atoms with Crippen molar-refractivity contribution >= 4 is 21.6 Å². The number of benzene rings is 1. The van der Waals surface area contributed by atoms with Crippen molar-refractivity contribution in [3.8, 4) is 0 Å². The number of hydrogen-bond acceptors (Lipinski definition) is 2. The lowest BCUT2D eigenvalue weighted by Crippen LogP contribution is -2.30. The number of halogens is 1. The minimum absolute atomic E-state index is 0.293. The summed E-state index contributed by atoms with van der Waals surface area (Å²) in [7, 11) is -1.81. The van der Waals surface area contributed by atoms with E-state index in [1.165, 1.54) is 4.31 Å². The number of sulfonamides is 1. The predicted molar refractivity (Wildman–Crippen MR) is 75.4 cm³/mol. The maximum atomic E-state index is 12.4. The van der Waals surface area contributed by atoms with Crippen LogP contribution >= 0.6 is 11.6 Å². The Morgan fingerprint density at radius 1 is 1.33 bits per heavy atom. The lowest BCUT2D eigenvalue weighted by atomic mass is 10.2. The fourth-order valence-electron chi connectivity index (χ4n) is 1.79. The van der Waals surface area contributed by atoms with Crippen LogP contribution in [0.5, 0.6) is 0 Å². The number of rotatable bonds is 5. The van der Waals surface area contributed by atoms with Crippen molar-refractivity contribution in [2.24, 2.45) is 5.92 Å². The molecule has 0 aliphatic carbocycles. The number of alkyl halides is 1. The molecule has 0 atom stereocenters. The zero-order valence-electron chi connectivity index (χ0n) is 11.3. The van der Waals surface area contributed by atoms with Gasteiger partial charge in [0, 0.05) is 19.5 Å². The molecule has 0 N–H and O–H groups in total. The number of nitrogens with zero attached hydrogens (tertiary/aromatic N) is 1. The molecule has 0 saturated heterocycles. The van der Waals surface area contributed by atoms with E-state index in [0.717, 1.165) is 11.1 Å². The van der Waals surface area contributed by atoms with Gasteiger partial charge < -0.3 is 0 Å². The van der Waals surface area contributed by atoms with E-state index in [4.69, 9.17) is 11.6 Å². The summed E-state index contributed by atoms with van der Waals surface area (Å²) in [6.45, 7) is 6.29. The molecule has 0 radical (unpaired) electrons. The average Bonchev–Trinajstić information content (AvgIpc) is 2.28. The summed E-state index contributed by atoms with van der Waals surface area (Å²) in [5.41, 5.74) is 1.57. The van der Waals surface area contributed by atoms with Crippen molar-refractivity contribution in [2.75, 3.05) is 13.6 Å². The van der Waals surface area contributed by atoms with Gasteiger partial charge >= 0.3 is 0 Å². The van der Waals surface area contributed by atoms with Crippen molar-refractivity contribution in [3.63, 3.8) is 0 Å². The van der Waals surface area contributed by atoms with Gasteiger partial charge in [-0.2, -0.15) is 0 Å². The van der Waals surface area contributed by atoms with Crippen LogP contribution in [0, 0.1) is 12.8 Å². The molecule has 102 valence electrons. The summed E-state index contributed by atoms with van der Waals surface area (Å²) in [4.78, 5) is 0.351. The van der Waals surface area contributed by atoms with Gasteiger partial charge in [0.2, 0.25) is 10.0 Å². The molecule has 0 unspecified atom stereocenters. The molecule has 0 aliphatic heterocycles. The van der Waals surface area contributed by atoms with Crippen molar-refractivity contribution in [2.45, 2.75) is 31.5 Å². The van der Waals surface area contributed by atoms with E-state index in [2.05, 4.69) is 0 Å². The highest BCUT2D eigenvalue weighted by molar-refractivity contribution is 7.89. The molecular weight excluding hydrogens is 270 g/mol. The normalized spacial score (nSPS) is 12.4. The Kier molecular flexibility index (Phi) is 5.20. The van der Waals surface area contributed by atoms with Crippen molar-refractivity contribution in [1.29, 1.82) is 0 Å². The van der Waals surface area contributed by atoms with Gasteiger partial charge in [-0.3, -0.25) is 0 Å². The molecular formula is C13H20ClNO2S. The average molecular weight is 290 g/mol. The third kappa shape index (κ3) is 3.46. The van der Waals surface area contributed by atoms with Crippen LogP contribution in [0.2, 0.25) is 0 Å². The van der Waals surface area contributed by atoms with E-state index < -0.39 is 10.0 Å². The van der Waals surface area contributed by atoms with Crippen LogP contribution in [-0.4, -0.2) is 26.3 Å². The molecule has 0 bridgehead atoms. The van der Waals surface area contributed by atoms with Crippen LogP contribution < -0.4 is 0 Å². The smallest absolute Gasteiger partial charge is 0.207 e. The molecule has 0 aliphatic rings. The number of hydrogen-bond donors (Lipinski definition) is 0. The van der Waals surface area contributed by atoms with E-state index in [-0.39, 0.29) is 0 Å². The Morgan fingerprint density at radius 2 is 1.94 bits per heavy atom. The van der Waals surface area contributed by atoms with Crippen LogP contribution in [0.3, 0.4) is 0 Å². The fourth-order valence-corrected chi connectivity index (χ4v) is 3.56. The molecule has 0 amide bonds. The number of aryl methyl sites for hydroxylation is 1. The Morgan fingerprint density at radius 3 is 2.44 bits per heavy atom. The van der Waals surface area contributed by atoms with Gasteiger partial charge in [-0.25, -0.2) is 12.7 Å². The van der Waals surface area contributed by atoms with E-state index in [0.29, 0.717) is 23.2 Å². The van der Waals surface area contributed by atoms with Gasteiger partial charge in [0.1, 0.15) is 0 Å². The molecule has 0 spiro atoms. The summed E-state index contributed by atoms with van der Waals surface area (Å²) in [6, 6.07) is 5.31. The van der Waals surface area contributed by atoms with E-state index >= 15 is 0 Å². The van der Waals surface area contributed by atoms with E-state index in [1.807, 2.05) is 19.9 Å². The highest BCUT2D eigenvalue weighted by Crippen LogP contribution is 2.22. The molecule has 0 aromatic heterocycles. The maximum absolute atomic E-state index is 12.4. The summed E-state index contributed by atoms with van der Waals surface area (Å²) in [6.07, 6.45) is 0. The van der Waals surface area contributed by atoms with Gasteiger partial charge in [0.15, 0.2) is 0 Å². The first-order chi connectivity index (χ1) is 8.28. The molecule has 5 heteroatoms. The zero-order valence-corrected chi connectivity index (χ0v) is 12.8. The molecule has 1 aromatic rings. The van der Waals surface area contributed by atoms with Gasteiger partial charge in [0.05, 0.1) is 4.90 Å². The van der Waals surface area contributed by atoms with Crippen molar-refractivity contribution in [3.05, 3.63) is 29.3 Å². The van der Waals surface area contributed by atoms with Crippen LogP contribution in [0.1, 0.15) is 25.0 Å². The highest BCUT2D eigenvalue weighted by atomic mass is 35.5. The quantitative estimate of drug-likeness (QED) is 0.782. The second-order valence-electron chi connectivity index (χ2n) is 4.91. The van der Waals surface area contributed by atoms with Crippen molar-refractivity contribution in [1.82, 2.24) is 4.31 Å². The maximum Gasteiger partial charge on any atom is 0.243 e. The molecule has 3 nitrogen and oxygen atoms in total. The standard InChI is InChI=1S/C13H20ClNO2S/c1-10(2)9-15(4)18(16,17)13-7-12(8-14)6-5-11(13)3/h5-7,10H,8-9H2,1-4H3. The lowest BCUT2D eigenvalue weighted by Gasteiger charge is -2.20. The lowest BCUT2D eigenvalue weighted by molar-refractivity contribution is 0.417. The third-order valence-corrected chi connectivity index (χ3v) is 4.99. The Labute approximate surface area is 115 Å². The van der Waals surface area contributed by atoms with Gasteiger partial charge in [-0.05, 0) is 30.0 Å². The Balaban J connectivity index is 3.19. The monoisotopic (exact) mass is 289 g/mol. The van der Waals surface area contributed by atoms with E-state index in [1.54, 1.807) is 26.1 Å². The topological polar surface area (TPSA) is 37.4 Å². The Hall–Kier alpha value is -0.580. The first-order valence-electron chi connectivity index (χ1n) is 5.91. The van der Waals surface area contributed by atoms with Crippen LogP contribution in [0.25, 0.3) is 0 Å². The SMILES string of the molecule is Cc1ccc(CCl)cc1S(=O)(=O)N(C)CC(C)C. The second-order valence-corrected chi connectivity index (χ2v) is 7.19. The fraction of sp³-hybridized carbons (Fsp3) is 0.538.